The summed E-state index contributed by atoms with van der Waals surface area (Å²) in [6.07, 6.45) is -6.47. The van der Waals surface area contributed by atoms with Gasteiger partial charge in [-0.2, -0.15) is 0 Å². The average Bonchev–Trinajstić information content (AvgIpc) is 3.52. The molecule has 2 bridgehead atoms. The van der Waals surface area contributed by atoms with Crippen molar-refractivity contribution in [2.45, 2.75) is 150 Å². The lowest BCUT2D eigenvalue weighted by atomic mass is 9.96. The van der Waals surface area contributed by atoms with Gasteiger partial charge in [0, 0.05) is 15.0 Å². The van der Waals surface area contributed by atoms with Crippen LogP contribution in [0.4, 0.5) is 0 Å². The highest BCUT2D eigenvalue weighted by atomic mass is 32.2. The Morgan fingerprint density at radius 2 is 0.877 bits per heavy atom. The number of ether oxygens (including phenoxy) is 8. The van der Waals surface area contributed by atoms with Gasteiger partial charge in [-0.1, -0.05) is 223 Å². The fourth-order valence-electron chi connectivity index (χ4n) is 10.3. The first kappa shape index (κ1) is 53.3. The minimum absolute atomic E-state index is 0.184. The van der Waals surface area contributed by atoms with Gasteiger partial charge >= 0.3 is 8.56 Å². The van der Waals surface area contributed by atoms with Crippen molar-refractivity contribution < 1.29 is 46.7 Å². The van der Waals surface area contributed by atoms with Crippen LogP contribution >= 0.6 is 11.8 Å². The van der Waals surface area contributed by atoms with Gasteiger partial charge in [0.1, 0.15) is 54.3 Å². The number of rotatable bonds is 20. The van der Waals surface area contributed by atoms with Crippen LogP contribution in [0.3, 0.4) is 0 Å². The lowest BCUT2D eigenvalue weighted by Gasteiger charge is -2.52. The highest BCUT2D eigenvalue weighted by Crippen LogP contribution is 2.55. The molecule has 3 fully saturated rings. The summed E-state index contributed by atoms with van der Waals surface area (Å²) in [5, 5.41) is -0.729. The zero-order valence-corrected chi connectivity index (χ0v) is 44.9. The van der Waals surface area contributed by atoms with Crippen molar-refractivity contribution in [3.8, 4) is 0 Å². The fraction of sp³-hybridized carbons (Fsp3) is 0.410. The first-order chi connectivity index (χ1) is 35.4. The van der Waals surface area contributed by atoms with Crippen LogP contribution in [0.25, 0.3) is 0 Å². The quantitative estimate of drug-likeness (QED) is 0.0685. The fourth-order valence-corrected chi connectivity index (χ4v) is 16.4. The van der Waals surface area contributed by atoms with Crippen molar-refractivity contribution in [1.82, 2.24) is 0 Å². The third-order valence-corrected chi connectivity index (χ3v) is 20.0. The monoisotopic (exact) mass is 1020 g/mol. The van der Waals surface area contributed by atoms with E-state index in [0.29, 0.717) is 26.4 Å². The molecule has 0 saturated carbocycles. The summed E-state index contributed by atoms with van der Waals surface area (Å²) in [4.78, 5) is 1.03. The average molecular weight is 1030 g/mol. The lowest BCUT2D eigenvalue weighted by molar-refractivity contribution is -0.348. The molecule has 0 unspecified atom stereocenters. The van der Waals surface area contributed by atoms with Gasteiger partial charge in [0.05, 0.1) is 46.2 Å². The van der Waals surface area contributed by atoms with E-state index in [9.17, 15) is 0 Å². The maximum Gasteiger partial charge on any atom is 0.349 e. The summed E-state index contributed by atoms with van der Waals surface area (Å²) in [6.45, 7) is 15.4. The summed E-state index contributed by atoms with van der Waals surface area (Å²) in [5.74, 6) is 0. The second-order valence-electron chi connectivity index (χ2n) is 21.2. The van der Waals surface area contributed by atoms with Crippen LogP contribution in [0.5, 0.6) is 0 Å². The maximum atomic E-state index is 7.78. The van der Waals surface area contributed by atoms with Crippen LogP contribution in [-0.2, 0) is 79.8 Å². The zero-order valence-electron chi connectivity index (χ0n) is 43.0. The molecular formula is C61H72O10SSi. The molecule has 3 aliphatic heterocycles. The standard InChI is InChI=1S/C61H72O10SSi/c1-60(2,3)73(61(4,5)6)67-43-51-52(63-38-45-27-15-8-16-28-45)55(71-73)56(65-40-47-31-19-10-20-32-47)58(68-51)70-53-50(42-62-37-44-25-13-7-14-26-44)69-59(72-49-35-23-12-24-36-49)57(66-41-48-33-21-11-22-34-48)54(53)64-39-46-29-17-9-18-30-46/h7-36,50-59H,37-43H2,1-6H3/t50-,51-,52-,53-,54+,55+,56+,57-,58-,59+/m1/s1. The van der Waals surface area contributed by atoms with E-state index in [1.165, 1.54) is 0 Å². The Balaban J connectivity index is 1.14. The van der Waals surface area contributed by atoms with E-state index in [2.05, 4.69) is 114 Å². The Labute approximate surface area is 438 Å². The molecule has 6 aromatic carbocycles. The summed E-state index contributed by atoms with van der Waals surface area (Å²) < 4.78 is 72.5. The lowest BCUT2D eigenvalue weighted by Crippen LogP contribution is -2.66. The second kappa shape index (κ2) is 24.9. The predicted octanol–water partition coefficient (Wildman–Crippen LogP) is 12.6. The topological polar surface area (TPSA) is 92.3 Å². The second-order valence-corrected chi connectivity index (χ2v) is 27.1. The van der Waals surface area contributed by atoms with Crippen molar-refractivity contribution in [3.05, 3.63) is 210 Å². The number of hydrogen-bond acceptors (Lipinski definition) is 11. The molecule has 0 amide bonds. The first-order valence-corrected chi connectivity index (χ1v) is 28.4. The van der Waals surface area contributed by atoms with Gasteiger partial charge in [0.15, 0.2) is 6.29 Å². The molecule has 0 N–H and O–H groups in total. The molecule has 10 nitrogen and oxygen atoms in total. The molecule has 0 spiro atoms. The van der Waals surface area contributed by atoms with E-state index in [1.807, 2.05) is 109 Å². The number of fused-ring (bicyclic) bond motifs is 2. The van der Waals surface area contributed by atoms with Gasteiger partial charge in [-0.15, -0.1) is 0 Å². The molecule has 6 aromatic rings. The van der Waals surface area contributed by atoms with Crippen molar-refractivity contribution >= 4 is 20.3 Å². The van der Waals surface area contributed by atoms with Crippen molar-refractivity contribution in [2.75, 3.05) is 13.2 Å². The molecule has 0 aliphatic carbocycles. The Kier molecular flexibility index (Phi) is 18.2. The van der Waals surface area contributed by atoms with Gasteiger partial charge in [-0.3, -0.25) is 0 Å². The third-order valence-electron chi connectivity index (χ3n) is 13.7. The molecule has 73 heavy (non-hydrogen) atoms. The van der Waals surface area contributed by atoms with Gasteiger partial charge in [0.25, 0.3) is 0 Å². The molecule has 0 radical (unpaired) electrons. The van der Waals surface area contributed by atoms with Gasteiger partial charge in [-0.05, 0) is 39.9 Å². The van der Waals surface area contributed by atoms with Gasteiger partial charge in [0.2, 0.25) is 0 Å². The van der Waals surface area contributed by atoms with E-state index in [4.69, 9.17) is 46.7 Å². The van der Waals surface area contributed by atoms with Crippen molar-refractivity contribution in [3.63, 3.8) is 0 Å². The summed E-state index contributed by atoms with van der Waals surface area (Å²) >= 11 is 1.60. The minimum Gasteiger partial charge on any atom is -0.391 e. The van der Waals surface area contributed by atoms with E-state index >= 15 is 0 Å². The van der Waals surface area contributed by atoms with Crippen molar-refractivity contribution in [1.29, 1.82) is 0 Å². The van der Waals surface area contributed by atoms with E-state index < -0.39 is 69.1 Å². The van der Waals surface area contributed by atoms with E-state index in [-0.39, 0.29) is 29.9 Å². The summed E-state index contributed by atoms with van der Waals surface area (Å²) in [6, 6.07) is 61.2. The van der Waals surface area contributed by atoms with Crippen LogP contribution in [0.1, 0.15) is 69.4 Å². The van der Waals surface area contributed by atoms with Crippen LogP contribution < -0.4 is 0 Å². The Bertz CT molecular complexity index is 2520. The SMILES string of the molecule is CC(C)(C)[Si]1(C(C)(C)C)OC[C@H]2O[C@H](O[C@H]3[C@H](OCc4ccccc4)[C@@H](OCc4ccccc4)[C@H](Sc4ccccc4)O[C@@H]3COCc3ccccc3)[C@@H](OCc3ccccc3)[C@@H](O1)[C@@H]2OCc1ccccc1. The van der Waals surface area contributed by atoms with Crippen LogP contribution in [0, 0.1) is 0 Å². The molecular weight excluding hydrogens is 953 g/mol. The highest BCUT2D eigenvalue weighted by molar-refractivity contribution is 7.99. The minimum atomic E-state index is -3.22. The highest BCUT2D eigenvalue weighted by Gasteiger charge is 2.65. The molecule has 0 aromatic heterocycles. The molecule has 3 aliphatic rings. The summed E-state index contributed by atoms with van der Waals surface area (Å²) in [7, 11) is -3.22. The first-order valence-electron chi connectivity index (χ1n) is 25.7. The molecule has 12 heteroatoms. The summed E-state index contributed by atoms with van der Waals surface area (Å²) in [5.41, 5.74) is 4.59. The zero-order chi connectivity index (χ0) is 50.7. The Morgan fingerprint density at radius 1 is 0.466 bits per heavy atom. The van der Waals surface area contributed by atoms with E-state index in [0.717, 1.165) is 32.7 Å². The number of hydrogen-bond donors (Lipinski definition) is 0. The Morgan fingerprint density at radius 3 is 1.34 bits per heavy atom. The number of benzene rings is 6. The normalized spacial score (nSPS) is 26.2. The van der Waals surface area contributed by atoms with Crippen molar-refractivity contribution in [2.24, 2.45) is 0 Å². The van der Waals surface area contributed by atoms with E-state index in [1.54, 1.807) is 11.8 Å². The third kappa shape index (κ3) is 13.5. The molecule has 3 saturated heterocycles. The van der Waals surface area contributed by atoms with Crippen LogP contribution in [0.2, 0.25) is 10.1 Å². The van der Waals surface area contributed by atoms with Crippen LogP contribution in [-0.4, -0.2) is 82.3 Å². The molecule has 10 atom stereocenters. The number of thioether (sulfide) groups is 1. The molecule has 386 valence electrons. The Hall–Kier alpha value is -4.51. The van der Waals surface area contributed by atoms with Gasteiger partial charge in [-0.25, -0.2) is 0 Å². The molecule has 9 rings (SSSR count). The van der Waals surface area contributed by atoms with Gasteiger partial charge < -0.3 is 46.7 Å². The van der Waals surface area contributed by atoms with Crippen LogP contribution in [0.15, 0.2) is 187 Å². The largest absolute Gasteiger partial charge is 0.391 e. The smallest absolute Gasteiger partial charge is 0.349 e. The predicted molar refractivity (Wildman–Crippen MR) is 287 cm³/mol. The maximum absolute atomic E-state index is 7.78. The molecule has 3 heterocycles.